The van der Waals surface area contributed by atoms with Gasteiger partial charge in [-0.2, -0.15) is 13.2 Å². The molecule has 0 aliphatic rings. The number of carbonyl (C=O) groups excluding carboxylic acids is 3. The van der Waals surface area contributed by atoms with Crippen LogP contribution in [0, 0.1) is 20.8 Å². The Balaban J connectivity index is 1.53. The standard InChI is InChI=1S/C36H31F3O5/c1-5-31(40)29-15-14-28(18-30(29)35(43)44)34(42)24-10-8-23(9-11-24)32(41)19-25-12-13-27(17-22(25)4)33(36(37,38)39)26-7-6-20(2)21(3)16-26/h6-18,33H,5,19H2,1-4H3,(H,43,44). The fourth-order valence-corrected chi connectivity index (χ4v) is 5.16. The molecule has 0 saturated carbocycles. The van der Waals surface area contributed by atoms with Gasteiger partial charge >= 0.3 is 12.1 Å². The van der Waals surface area contributed by atoms with E-state index < -0.39 is 23.8 Å². The van der Waals surface area contributed by atoms with Gasteiger partial charge < -0.3 is 5.11 Å². The fourth-order valence-electron chi connectivity index (χ4n) is 5.16. The van der Waals surface area contributed by atoms with Gasteiger partial charge in [0.15, 0.2) is 17.3 Å². The number of aryl methyl sites for hydroxylation is 3. The molecule has 44 heavy (non-hydrogen) atoms. The van der Waals surface area contributed by atoms with Crippen molar-refractivity contribution in [1.29, 1.82) is 0 Å². The van der Waals surface area contributed by atoms with Gasteiger partial charge in [0.05, 0.1) is 5.56 Å². The molecule has 1 unspecified atom stereocenters. The summed E-state index contributed by atoms with van der Waals surface area (Å²) in [6.07, 6.45) is -4.43. The molecule has 8 heteroatoms. The largest absolute Gasteiger partial charge is 0.478 e. The Morgan fingerprint density at radius 2 is 1.23 bits per heavy atom. The molecule has 0 radical (unpaired) electrons. The van der Waals surface area contributed by atoms with E-state index in [9.17, 15) is 37.5 Å². The summed E-state index contributed by atoms with van der Waals surface area (Å²) < 4.78 is 42.6. The Bertz CT molecular complexity index is 1770. The third-order valence-electron chi connectivity index (χ3n) is 7.85. The summed E-state index contributed by atoms with van der Waals surface area (Å²) in [6, 6.07) is 18.9. The average molecular weight is 601 g/mol. The Labute approximate surface area is 253 Å². The first-order valence-electron chi connectivity index (χ1n) is 14.0. The van der Waals surface area contributed by atoms with E-state index in [1.807, 2.05) is 6.92 Å². The highest BCUT2D eigenvalue weighted by atomic mass is 19.4. The number of ketones is 3. The minimum absolute atomic E-state index is 0.0278. The zero-order valence-corrected chi connectivity index (χ0v) is 24.7. The lowest BCUT2D eigenvalue weighted by molar-refractivity contribution is -0.141. The number of Topliss-reactive ketones (excluding diaryl/α,β-unsaturated/α-hetero) is 2. The van der Waals surface area contributed by atoms with Crippen LogP contribution in [-0.2, 0) is 6.42 Å². The highest BCUT2D eigenvalue weighted by molar-refractivity contribution is 6.12. The number of carboxylic acid groups (broad SMARTS) is 1. The Morgan fingerprint density at radius 1 is 0.659 bits per heavy atom. The fraction of sp³-hybridized carbons (Fsp3) is 0.222. The van der Waals surface area contributed by atoms with E-state index in [-0.39, 0.29) is 57.8 Å². The number of hydrogen-bond acceptors (Lipinski definition) is 4. The lowest BCUT2D eigenvalue weighted by Gasteiger charge is -2.23. The maximum Gasteiger partial charge on any atom is 0.399 e. The van der Waals surface area contributed by atoms with E-state index in [2.05, 4.69) is 0 Å². The van der Waals surface area contributed by atoms with Gasteiger partial charge in [-0.3, -0.25) is 14.4 Å². The van der Waals surface area contributed by atoms with Gasteiger partial charge in [-0.15, -0.1) is 0 Å². The van der Waals surface area contributed by atoms with Gasteiger partial charge in [0.25, 0.3) is 0 Å². The van der Waals surface area contributed by atoms with Crippen LogP contribution in [0.15, 0.2) is 78.9 Å². The molecule has 0 aromatic heterocycles. The Morgan fingerprint density at radius 3 is 1.77 bits per heavy atom. The molecule has 0 bridgehead atoms. The summed E-state index contributed by atoms with van der Waals surface area (Å²) in [4.78, 5) is 49.9. The van der Waals surface area contributed by atoms with Crippen molar-refractivity contribution in [1.82, 2.24) is 0 Å². The maximum atomic E-state index is 14.2. The topological polar surface area (TPSA) is 88.5 Å². The molecule has 0 spiro atoms. The molecule has 1 atom stereocenters. The molecule has 1 N–H and O–H groups in total. The summed E-state index contributed by atoms with van der Waals surface area (Å²) in [5.41, 5.74) is 3.45. The molecule has 0 saturated heterocycles. The molecule has 0 heterocycles. The van der Waals surface area contributed by atoms with Crippen LogP contribution < -0.4 is 0 Å². The molecule has 5 nitrogen and oxygen atoms in total. The first-order chi connectivity index (χ1) is 20.7. The highest BCUT2D eigenvalue weighted by Crippen LogP contribution is 2.41. The molecule has 0 aliphatic heterocycles. The second kappa shape index (κ2) is 12.8. The second-order valence-electron chi connectivity index (χ2n) is 10.9. The van der Waals surface area contributed by atoms with Gasteiger partial charge in [0.2, 0.25) is 0 Å². The number of aromatic carboxylic acids is 1. The van der Waals surface area contributed by atoms with Crippen molar-refractivity contribution in [3.8, 4) is 0 Å². The zero-order valence-electron chi connectivity index (χ0n) is 24.7. The molecular formula is C36H31F3O5. The number of benzene rings is 4. The minimum atomic E-state index is -4.51. The number of halogens is 3. The molecule has 0 fully saturated rings. The second-order valence-corrected chi connectivity index (χ2v) is 10.9. The van der Waals surface area contributed by atoms with E-state index in [0.29, 0.717) is 16.7 Å². The first-order valence-corrected chi connectivity index (χ1v) is 14.0. The summed E-state index contributed by atoms with van der Waals surface area (Å²) in [5, 5.41) is 9.52. The van der Waals surface area contributed by atoms with Crippen molar-refractivity contribution >= 4 is 23.3 Å². The zero-order chi connectivity index (χ0) is 32.3. The van der Waals surface area contributed by atoms with E-state index in [1.54, 1.807) is 39.0 Å². The smallest absolute Gasteiger partial charge is 0.399 e. The number of carbonyl (C=O) groups is 4. The summed E-state index contributed by atoms with van der Waals surface area (Å²) in [7, 11) is 0. The molecule has 0 aliphatic carbocycles. The summed E-state index contributed by atoms with van der Waals surface area (Å²) >= 11 is 0. The summed E-state index contributed by atoms with van der Waals surface area (Å²) in [5.74, 6) is -4.23. The number of hydrogen-bond donors (Lipinski definition) is 1. The van der Waals surface area contributed by atoms with Crippen molar-refractivity contribution in [3.05, 3.63) is 140 Å². The van der Waals surface area contributed by atoms with Crippen LogP contribution >= 0.6 is 0 Å². The van der Waals surface area contributed by atoms with Gasteiger partial charge in [-0.05, 0) is 66.3 Å². The molecule has 4 aromatic rings. The van der Waals surface area contributed by atoms with Crippen molar-refractivity contribution in [3.63, 3.8) is 0 Å². The third-order valence-corrected chi connectivity index (χ3v) is 7.85. The van der Waals surface area contributed by atoms with Crippen LogP contribution in [0.1, 0.15) is 99.6 Å². The number of carboxylic acids is 1. The average Bonchev–Trinajstić information content (AvgIpc) is 2.98. The SMILES string of the molecule is CCC(=O)c1ccc(C(=O)c2ccc(C(=O)Cc3ccc(C(c4ccc(C)c(C)c4)C(F)(F)F)cc3C)cc2)cc1C(=O)O. The van der Waals surface area contributed by atoms with Crippen molar-refractivity contribution < 1.29 is 37.5 Å². The van der Waals surface area contributed by atoms with Crippen LogP contribution in [0.4, 0.5) is 13.2 Å². The highest BCUT2D eigenvalue weighted by Gasteiger charge is 2.42. The van der Waals surface area contributed by atoms with Crippen molar-refractivity contribution in [2.24, 2.45) is 0 Å². The third kappa shape index (κ3) is 6.86. The quantitative estimate of drug-likeness (QED) is 0.185. The number of rotatable bonds is 10. The lowest BCUT2D eigenvalue weighted by Crippen LogP contribution is -2.22. The van der Waals surface area contributed by atoms with E-state index in [1.165, 1.54) is 60.7 Å². The van der Waals surface area contributed by atoms with Gasteiger partial charge in [0, 0.05) is 35.1 Å². The number of alkyl halides is 3. The Kier molecular flexibility index (Phi) is 9.33. The van der Waals surface area contributed by atoms with Gasteiger partial charge in [-0.25, -0.2) is 4.79 Å². The van der Waals surface area contributed by atoms with E-state index >= 15 is 0 Å². The van der Waals surface area contributed by atoms with Gasteiger partial charge in [0.1, 0.15) is 5.92 Å². The van der Waals surface area contributed by atoms with E-state index in [0.717, 1.165) is 11.1 Å². The molecule has 4 rings (SSSR count). The van der Waals surface area contributed by atoms with Crippen LogP contribution in [0.25, 0.3) is 0 Å². The molecule has 0 amide bonds. The van der Waals surface area contributed by atoms with Gasteiger partial charge in [-0.1, -0.05) is 73.7 Å². The molecule has 4 aromatic carbocycles. The van der Waals surface area contributed by atoms with Crippen LogP contribution in [0.3, 0.4) is 0 Å². The predicted molar refractivity (Wildman–Crippen MR) is 161 cm³/mol. The van der Waals surface area contributed by atoms with Crippen molar-refractivity contribution in [2.45, 2.75) is 52.6 Å². The van der Waals surface area contributed by atoms with E-state index in [4.69, 9.17) is 0 Å². The maximum absolute atomic E-state index is 14.2. The molecule has 226 valence electrons. The van der Waals surface area contributed by atoms with Crippen LogP contribution in [-0.4, -0.2) is 34.6 Å². The normalized spacial score (nSPS) is 12.1. The summed E-state index contributed by atoms with van der Waals surface area (Å²) in [6.45, 7) is 6.91. The first kappa shape index (κ1) is 32.1. The van der Waals surface area contributed by atoms with Crippen LogP contribution in [0.2, 0.25) is 0 Å². The van der Waals surface area contributed by atoms with Crippen molar-refractivity contribution in [2.75, 3.05) is 0 Å². The Hall–Kier alpha value is -4.85. The molecular weight excluding hydrogens is 569 g/mol. The van der Waals surface area contributed by atoms with Crippen LogP contribution in [0.5, 0.6) is 0 Å². The minimum Gasteiger partial charge on any atom is -0.478 e. The predicted octanol–water partition coefficient (Wildman–Crippen LogP) is 8.25. The lowest BCUT2D eigenvalue weighted by atomic mass is 9.86. The monoisotopic (exact) mass is 600 g/mol.